The van der Waals surface area contributed by atoms with Gasteiger partial charge in [-0.25, -0.2) is 26.3 Å². The van der Waals surface area contributed by atoms with Gasteiger partial charge in [0.15, 0.2) is 0 Å². The van der Waals surface area contributed by atoms with Gasteiger partial charge in [-0.3, -0.25) is 4.79 Å². The third-order valence-electron chi connectivity index (χ3n) is 6.52. The number of piperidine rings is 1. The fraction of sp³-hybridized carbons (Fsp3) is 0.480. The molecule has 0 aromatic heterocycles. The summed E-state index contributed by atoms with van der Waals surface area (Å²) in [5.74, 6) is -2.15. The van der Waals surface area contributed by atoms with Crippen LogP contribution in [0.3, 0.4) is 0 Å². The van der Waals surface area contributed by atoms with Crippen LogP contribution in [0.2, 0.25) is 5.02 Å². The molecule has 1 amide bonds. The fourth-order valence-corrected chi connectivity index (χ4v) is 5.07. The Balaban J connectivity index is 1.35. The van der Waals surface area contributed by atoms with Crippen molar-refractivity contribution in [1.29, 1.82) is 0 Å². The number of alkyl halides is 1. The normalized spacial score (nSPS) is 18.1. The van der Waals surface area contributed by atoms with Crippen LogP contribution >= 0.6 is 11.6 Å². The van der Waals surface area contributed by atoms with Crippen LogP contribution in [-0.4, -0.2) is 57.4 Å². The van der Waals surface area contributed by atoms with Gasteiger partial charge in [0.1, 0.15) is 29.7 Å². The first-order chi connectivity index (χ1) is 16.9. The van der Waals surface area contributed by atoms with Gasteiger partial charge in [0, 0.05) is 30.7 Å². The van der Waals surface area contributed by atoms with Gasteiger partial charge < -0.3 is 9.64 Å². The summed E-state index contributed by atoms with van der Waals surface area (Å²) in [7, 11) is -3.85. The van der Waals surface area contributed by atoms with Crippen LogP contribution in [0, 0.1) is 11.6 Å². The molecule has 1 aliphatic heterocycles. The summed E-state index contributed by atoms with van der Waals surface area (Å²) in [6.07, 6.45) is 3.50. The standard InChI is InChI=1S/C25H28ClF3N2O4S/c1-36(33,34)30-24(32)21-13-20(17-2-3-17)23(14-22(21)28)35-15-25(29)5-8-31(9-6-25)7-4-16-10-18(26)12-19(27)11-16/h10-14,17H,2-9,15H2,1H3,(H,30,32). The number of rotatable bonds is 9. The summed E-state index contributed by atoms with van der Waals surface area (Å²) in [6.45, 7) is 1.38. The predicted octanol–water partition coefficient (Wildman–Crippen LogP) is 4.61. The molecular weight excluding hydrogens is 517 g/mol. The summed E-state index contributed by atoms with van der Waals surface area (Å²) in [6, 6.07) is 6.74. The van der Waals surface area contributed by atoms with E-state index in [-0.39, 0.29) is 36.9 Å². The van der Waals surface area contributed by atoms with Crippen molar-refractivity contribution in [2.24, 2.45) is 0 Å². The average Bonchev–Trinajstić information content (AvgIpc) is 3.61. The number of likely N-dealkylation sites (tertiary alicyclic amines) is 1. The first-order valence-corrected chi connectivity index (χ1v) is 14.0. The molecule has 1 heterocycles. The van der Waals surface area contributed by atoms with Gasteiger partial charge in [-0.15, -0.1) is 0 Å². The zero-order valence-electron chi connectivity index (χ0n) is 19.8. The van der Waals surface area contributed by atoms with E-state index >= 15 is 4.39 Å². The van der Waals surface area contributed by atoms with E-state index in [1.165, 1.54) is 18.2 Å². The zero-order valence-corrected chi connectivity index (χ0v) is 21.4. The number of hydrogen-bond acceptors (Lipinski definition) is 5. The van der Waals surface area contributed by atoms with Crippen LogP contribution in [0.5, 0.6) is 5.75 Å². The first-order valence-electron chi connectivity index (χ1n) is 11.8. The summed E-state index contributed by atoms with van der Waals surface area (Å²) in [5, 5.41) is 0.342. The van der Waals surface area contributed by atoms with Crippen LogP contribution in [-0.2, 0) is 16.4 Å². The van der Waals surface area contributed by atoms with Crippen molar-refractivity contribution in [3.63, 3.8) is 0 Å². The molecule has 0 spiro atoms. The number of nitrogens with one attached hydrogen (secondary N) is 1. The molecule has 2 aromatic carbocycles. The fourth-order valence-electron chi connectivity index (χ4n) is 4.38. The molecule has 196 valence electrons. The summed E-state index contributed by atoms with van der Waals surface area (Å²) in [5.41, 5.74) is -0.631. The molecule has 1 N–H and O–H groups in total. The zero-order chi connectivity index (χ0) is 26.1. The third kappa shape index (κ3) is 7.14. The second-order valence-corrected chi connectivity index (χ2v) is 11.8. The molecule has 0 bridgehead atoms. The van der Waals surface area contributed by atoms with E-state index in [9.17, 15) is 22.0 Å². The number of carbonyl (C=O) groups excluding carboxylic acids is 1. The lowest BCUT2D eigenvalue weighted by Gasteiger charge is -2.36. The predicted molar refractivity (Wildman–Crippen MR) is 131 cm³/mol. The van der Waals surface area contributed by atoms with Crippen molar-refractivity contribution in [2.75, 3.05) is 32.5 Å². The number of hydrogen-bond donors (Lipinski definition) is 1. The molecule has 0 unspecified atom stereocenters. The minimum atomic E-state index is -3.85. The van der Waals surface area contributed by atoms with Gasteiger partial charge in [-0.1, -0.05) is 11.6 Å². The molecule has 1 aliphatic carbocycles. The van der Waals surface area contributed by atoms with Crippen LogP contribution < -0.4 is 9.46 Å². The van der Waals surface area contributed by atoms with E-state index in [1.54, 1.807) is 10.8 Å². The maximum Gasteiger partial charge on any atom is 0.267 e. The molecule has 36 heavy (non-hydrogen) atoms. The number of benzene rings is 2. The van der Waals surface area contributed by atoms with Crippen LogP contribution in [0.25, 0.3) is 0 Å². The Hall–Kier alpha value is -2.30. The van der Waals surface area contributed by atoms with Crippen LogP contribution in [0.4, 0.5) is 13.2 Å². The summed E-state index contributed by atoms with van der Waals surface area (Å²) >= 11 is 5.90. The second kappa shape index (κ2) is 10.6. The molecule has 1 saturated carbocycles. The number of carbonyl (C=O) groups is 1. The van der Waals surface area contributed by atoms with E-state index < -0.39 is 33.0 Å². The summed E-state index contributed by atoms with van der Waals surface area (Å²) in [4.78, 5) is 14.3. The van der Waals surface area contributed by atoms with Crippen molar-refractivity contribution in [1.82, 2.24) is 9.62 Å². The number of ether oxygens (including phenoxy) is 1. The lowest BCUT2D eigenvalue weighted by Crippen LogP contribution is -2.45. The van der Waals surface area contributed by atoms with Crippen LogP contribution in [0.15, 0.2) is 30.3 Å². The minimum absolute atomic E-state index is 0.0547. The maximum atomic E-state index is 15.5. The SMILES string of the molecule is CS(=O)(=O)NC(=O)c1cc(C2CC2)c(OCC2(F)CCN(CCc3cc(F)cc(Cl)c3)CC2)cc1F. The Kier molecular flexibility index (Phi) is 7.87. The number of halogens is 4. The third-order valence-corrected chi connectivity index (χ3v) is 7.29. The van der Waals surface area contributed by atoms with Crippen molar-refractivity contribution in [2.45, 2.75) is 43.7 Å². The van der Waals surface area contributed by atoms with E-state index in [0.29, 0.717) is 36.6 Å². The van der Waals surface area contributed by atoms with Crippen molar-refractivity contribution in [3.8, 4) is 5.75 Å². The Morgan fingerprint density at radius 3 is 2.47 bits per heavy atom. The maximum absolute atomic E-state index is 15.5. The smallest absolute Gasteiger partial charge is 0.267 e. The van der Waals surface area contributed by atoms with E-state index in [2.05, 4.69) is 4.90 Å². The minimum Gasteiger partial charge on any atom is -0.490 e. The van der Waals surface area contributed by atoms with E-state index in [1.807, 2.05) is 0 Å². The van der Waals surface area contributed by atoms with Gasteiger partial charge >= 0.3 is 0 Å². The Morgan fingerprint density at radius 2 is 1.86 bits per heavy atom. The van der Waals surface area contributed by atoms with E-state index in [0.717, 1.165) is 30.7 Å². The molecular formula is C25H28ClF3N2O4S. The second-order valence-electron chi connectivity index (χ2n) is 9.66. The Morgan fingerprint density at radius 1 is 1.17 bits per heavy atom. The average molecular weight is 545 g/mol. The van der Waals surface area contributed by atoms with Gasteiger partial charge in [0.25, 0.3) is 5.91 Å². The number of amides is 1. The molecule has 2 fully saturated rings. The largest absolute Gasteiger partial charge is 0.490 e. The molecule has 1 saturated heterocycles. The quantitative estimate of drug-likeness (QED) is 0.499. The molecule has 4 rings (SSSR count). The molecule has 2 aliphatic rings. The highest BCUT2D eigenvalue weighted by molar-refractivity contribution is 7.89. The monoisotopic (exact) mass is 544 g/mol. The lowest BCUT2D eigenvalue weighted by molar-refractivity contribution is 0.0174. The first kappa shape index (κ1) is 26.8. The van der Waals surface area contributed by atoms with E-state index in [4.69, 9.17) is 16.3 Å². The molecule has 6 nitrogen and oxygen atoms in total. The van der Waals surface area contributed by atoms with Crippen molar-refractivity contribution >= 4 is 27.5 Å². The van der Waals surface area contributed by atoms with Gasteiger partial charge in [0.05, 0.1) is 11.8 Å². The number of nitrogens with zero attached hydrogens (tertiary/aromatic N) is 1. The highest BCUT2D eigenvalue weighted by Crippen LogP contribution is 2.45. The summed E-state index contributed by atoms with van der Waals surface area (Å²) < 4.78 is 73.9. The Labute approximate surface area is 213 Å². The van der Waals surface area contributed by atoms with Crippen LogP contribution in [0.1, 0.15) is 53.1 Å². The Bertz CT molecular complexity index is 1230. The number of sulfonamides is 1. The molecule has 2 aromatic rings. The molecule has 0 radical (unpaired) electrons. The van der Waals surface area contributed by atoms with Gasteiger partial charge in [-0.05, 0) is 73.4 Å². The lowest BCUT2D eigenvalue weighted by atomic mass is 9.94. The molecule has 0 atom stereocenters. The highest BCUT2D eigenvalue weighted by Gasteiger charge is 2.36. The van der Waals surface area contributed by atoms with Crippen molar-refractivity contribution in [3.05, 3.63) is 63.7 Å². The topological polar surface area (TPSA) is 75.7 Å². The van der Waals surface area contributed by atoms with Crippen molar-refractivity contribution < 1.29 is 31.1 Å². The molecule has 11 heteroatoms. The highest BCUT2D eigenvalue weighted by atomic mass is 35.5. The van der Waals surface area contributed by atoms with Gasteiger partial charge in [0.2, 0.25) is 10.0 Å². The van der Waals surface area contributed by atoms with Gasteiger partial charge in [-0.2, -0.15) is 0 Å².